The molecule has 0 fully saturated rings. The molecule has 0 saturated carbocycles. The van der Waals surface area contributed by atoms with Gasteiger partial charge in [-0.15, -0.1) is 23.7 Å². The Morgan fingerprint density at radius 3 is 2.58 bits per heavy atom. The van der Waals surface area contributed by atoms with Crippen LogP contribution in [-0.4, -0.2) is 38.3 Å². The summed E-state index contributed by atoms with van der Waals surface area (Å²) in [4.78, 5) is 12.9. The van der Waals surface area contributed by atoms with E-state index in [1.54, 1.807) is 18.2 Å². The lowest BCUT2D eigenvalue weighted by Crippen LogP contribution is -2.29. The standard InChI is InChI=1S/C16H23N3O4S2.ClH/c1-3-19(4-2)25(21,22)15-6-5-14(24-15)7-8-18-16(20)12-9-13(10-17)23-11-12;/h5-6,9,11H,3-4,7-8,10,17H2,1-2H3,(H,18,20);1H. The molecular formula is C16H24ClN3O4S2. The summed E-state index contributed by atoms with van der Waals surface area (Å²) >= 11 is 1.24. The SMILES string of the molecule is CCN(CC)S(=O)(=O)c1ccc(CCNC(=O)c2coc(CN)c2)s1.Cl. The largest absolute Gasteiger partial charge is 0.467 e. The Morgan fingerprint density at radius 1 is 1.31 bits per heavy atom. The number of amides is 1. The molecule has 1 amide bonds. The van der Waals surface area contributed by atoms with Crippen LogP contribution in [0.15, 0.2) is 33.1 Å². The zero-order valence-corrected chi connectivity index (χ0v) is 17.2. The van der Waals surface area contributed by atoms with Gasteiger partial charge in [0.25, 0.3) is 15.9 Å². The third-order valence-electron chi connectivity index (χ3n) is 3.71. The van der Waals surface area contributed by atoms with Crippen molar-refractivity contribution in [3.05, 3.63) is 40.7 Å². The highest BCUT2D eigenvalue weighted by Gasteiger charge is 2.23. The number of sulfonamides is 1. The minimum Gasteiger partial charge on any atom is -0.467 e. The summed E-state index contributed by atoms with van der Waals surface area (Å²) in [5.74, 6) is 0.311. The van der Waals surface area contributed by atoms with Crippen molar-refractivity contribution >= 4 is 39.7 Å². The van der Waals surface area contributed by atoms with Gasteiger partial charge in [-0.1, -0.05) is 13.8 Å². The number of carbonyl (C=O) groups excluding carboxylic acids is 1. The van der Waals surface area contributed by atoms with Gasteiger partial charge >= 0.3 is 0 Å². The quantitative estimate of drug-likeness (QED) is 0.645. The summed E-state index contributed by atoms with van der Waals surface area (Å²) in [5.41, 5.74) is 5.87. The van der Waals surface area contributed by atoms with E-state index in [9.17, 15) is 13.2 Å². The van der Waals surface area contributed by atoms with E-state index in [0.717, 1.165) is 4.88 Å². The maximum Gasteiger partial charge on any atom is 0.254 e. The maximum absolute atomic E-state index is 12.5. The van der Waals surface area contributed by atoms with Crippen molar-refractivity contribution in [1.82, 2.24) is 9.62 Å². The van der Waals surface area contributed by atoms with E-state index in [-0.39, 0.29) is 24.9 Å². The first-order valence-electron chi connectivity index (χ1n) is 8.06. The van der Waals surface area contributed by atoms with Crippen LogP contribution in [0.4, 0.5) is 0 Å². The zero-order valence-electron chi connectivity index (χ0n) is 14.7. The maximum atomic E-state index is 12.5. The molecule has 0 aliphatic rings. The van der Waals surface area contributed by atoms with E-state index < -0.39 is 10.0 Å². The molecular weight excluding hydrogens is 398 g/mol. The lowest BCUT2D eigenvalue weighted by atomic mass is 10.3. The van der Waals surface area contributed by atoms with Crippen molar-refractivity contribution in [3.8, 4) is 0 Å². The minimum absolute atomic E-state index is 0. The zero-order chi connectivity index (χ0) is 18.4. The van der Waals surface area contributed by atoms with E-state index in [0.29, 0.717) is 41.6 Å². The van der Waals surface area contributed by atoms with Crippen LogP contribution in [-0.2, 0) is 23.0 Å². The molecule has 26 heavy (non-hydrogen) atoms. The van der Waals surface area contributed by atoms with Crippen LogP contribution in [0.5, 0.6) is 0 Å². The summed E-state index contributed by atoms with van der Waals surface area (Å²) in [6, 6.07) is 5.02. The number of nitrogens with two attached hydrogens (primary N) is 1. The Bertz CT molecular complexity index is 813. The molecule has 3 N–H and O–H groups in total. The van der Waals surface area contributed by atoms with Gasteiger partial charge in [-0.3, -0.25) is 4.79 Å². The number of nitrogens with one attached hydrogen (secondary N) is 1. The summed E-state index contributed by atoms with van der Waals surface area (Å²) < 4.78 is 31.8. The van der Waals surface area contributed by atoms with Crippen LogP contribution in [0.2, 0.25) is 0 Å². The first-order valence-corrected chi connectivity index (χ1v) is 10.3. The fourth-order valence-corrected chi connectivity index (χ4v) is 5.30. The molecule has 10 heteroatoms. The fraction of sp³-hybridized carbons (Fsp3) is 0.438. The number of nitrogens with zero attached hydrogens (tertiary/aromatic N) is 1. The molecule has 0 unspecified atom stereocenters. The first-order chi connectivity index (χ1) is 11.9. The molecule has 2 rings (SSSR count). The van der Waals surface area contributed by atoms with E-state index in [1.165, 1.54) is 21.9 Å². The Hall–Kier alpha value is -1.39. The van der Waals surface area contributed by atoms with Gasteiger partial charge in [0.15, 0.2) is 0 Å². The highest BCUT2D eigenvalue weighted by atomic mass is 35.5. The van der Waals surface area contributed by atoms with E-state index >= 15 is 0 Å². The average molecular weight is 422 g/mol. The molecule has 0 saturated heterocycles. The molecule has 0 aromatic carbocycles. The first kappa shape index (κ1) is 22.7. The highest BCUT2D eigenvalue weighted by Crippen LogP contribution is 2.25. The van der Waals surface area contributed by atoms with Gasteiger partial charge in [-0.2, -0.15) is 4.31 Å². The molecule has 2 heterocycles. The topological polar surface area (TPSA) is 106 Å². The van der Waals surface area contributed by atoms with Crippen LogP contribution in [0.3, 0.4) is 0 Å². The van der Waals surface area contributed by atoms with Gasteiger partial charge in [0.05, 0.1) is 12.1 Å². The molecule has 146 valence electrons. The van der Waals surface area contributed by atoms with Crippen molar-refractivity contribution in [1.29, 1.82) is 0 Å². The lowest BCUT2D eigenvalue weighted by Gasteiger charge is -2.16. The minimum atomic E-state index is -3.42. The molecule has 0 atom stereocenters. The molecule has 0 spiro atoms. The summed E-state index contributed by atoms with van der Waals surface area (Å²) in [7, 11) is -3.42. The fourth-order valence-electron chi connectivity index (χ4n) is 2.33. The molecule has 2 aromatic heterocycles. The summed E-state index contributed by atoms with van der Waals surface area (Å²) in [6.07, 6.45) is 1.93. The Labute approximate surface area is 164 Å². The van der Waals surface area contributed by atoms with Gasteiger partial charge in [-0.05, 0) is 24.6 Å². The second-order valence-electron chi connectivity index (χ2n) is 5.32. The van der Waals surface area contributed by atoms with Crippen molar-refractivity contribution in [2.24, 2.45) is 5.73 Å². The Kier molecular flexibility index (Phi) is 8.78. The van der Waals surface area contributed by atoms with Gasteiger partial charge in [0.1, 0.15) is 16.2 Å². The van der Waals surface area contributed by atoms with Crippen LogP contribution >= 0.6 is 23.7 Å². The smallest absolute Gasteiger partial charge is 0.254 e. The summed E-state index contributed by atoms with van der Waals surface area (Å²) in [5, 5.41) is 2.79. The van der Waals surface area contributed by atoms with Crippen molar-refractivity contribution in [2.75, 3.05) is 19.6 Å². The molecule has 0 aliphatic carbocycles. The summed E-state index contributed by atoms with van der Waals surface area (Å²) in [6.45, 7) is 5.17. The predicted molar refractivity (Wildman–Crippen MR) is 104 cm³/mol. The second kappa shape index (κ2) is 10.1. The van der Waals surface area contributed by atoms with E-state index in [1.807, 2.05) is 13.8 Å². The number of thiophene rings is 1. The van der Waals surface area contributed by atoms with Crippen molar-refractivity contribution in [2.45, 2.75) is 31.0 Å². The van der Waals surface area contributed by atoms with Gasteiger partial charge in [0, 0.05) is 24.5 Å². The van der Waals surface area contributed by atoms with Gasteiger partial charge in [0.2, 0.25) is 0 Å². The number of hydrogen-bond donors (Lipinski definition) is 2. The predicted octanol–water partition coefficient (Wildman–Crippen LogP) is 2.22. The Morgan fingerprint density at radius 2 is 2.00 bits per heavy atom. The third kappa shape index (κ3) is 5.31. The number of carbonyl (C=O) groups is 1. The Balaban J connectivity index is 0.00000338. The van der Waals surface area contributed by atoms with Crippen LogP contribution in [0.1, 0.15) is 34.8 Å². The number of furan rings is 1. The van der Waals surface area contributed by atoms with Gasteiger partial charge in [-0.25, -0.2) is 8.42 Å². The van der Waals surface area contributed by atoms with E-state index in [4.69, 9.17) is 10.2 Å². The number of rotatable bonds is 9. The normalized spacial score (nSPS) is 11.4. The molecule has 0 bridgehead atoms. The van der Waals surface area contributed by atoms with E-state index in [2.05, 4.69) is 5.32 Å². The van der Waals surface area contributed by atoms with Crippen LogP contribution in [0.25, 0.3) is 0 Å². The molecule has 7 nitrogen and oxygen atoms in total. The second-order valence-corrected chi connectivity index (χ2v) is 8.65. The monoisotopic (exact) mass is 421 g/mol. The number of halogens is 1. The lowest BCUT2D eigenvalue weighted by molar-refractivity contribution is 0.0953. The van der Waals surface area contributed by atoms with Crippen molar-refractivity contribution in [3.63, 3.8) is 0 Å². The van der Waals surface area contributed by atoms with Crippen LogP contribution < -0.4 is 11.1 Å². The average Bonchev–Trinajstić information content (AvgIpc) is 3.25. The number of hydrogen-bond acceptors (Lipinski definition) is 6. The molecule has 2 aromatic rings. The van der Waals surface area contributed by atoms with Crippen LogP contribution in [0, 0.1) is 0 Å². The van der Waals surface area contributed by atoms with Gasteiger partial charge < -0.3 is 15.5 Å². The molecule has 0 aliphatic heterocycles. The molecule has 0 radical (unpaired) electrons. The third-order valence-corrected chi connectivity index (χ3v) is 7.37. The highest BCUT2D eigenvalue weighted by molar-refractivity contribution is 7.91. The van der Waals surface area contributed by atoms with Crippen molar-refractivity contribution < 1.29 is 17.6 Å².